The number of rotatable bonds is 8. The molecule has 0 saturated carbocycles. The molecule has 2 nitrogen and oxygen atoms in total. The fourth-order valence-electron chi connectivity index (χ4n) is 8.08. The average Bonchev–Trinajstić information content (AvgIpc) is 3.63. The van der Waals surface area contributed by atoms with Gasteiger partial charge in [-0.1, -0.05) is 170 Å². The number of fused-ring (bicyclic) bond motifs is 2. The van der Waals surface area contributed by atoms with Crippen LogP contribution in [0.5, 0.6) is 0 Å². The lowest BCUT2D eigenvalue weighted by molar-refractivity contribution is 0.629. The zero-order valence-electron chi connectivity index (χ0n) is 31.6. The summed E-state index contributed by atoms with van der Waals surface area (Å²) in [5.74, 6) is 0.918. The van der Waals surface area contributed by atoms with Crippen LogP contribution in [0.15, 0.2) is 223 Å². The monoisotopic (exact) mass is 729 g/mol. The Kier molecular flexibility index (Phi) is 8.78. The van der Waals surface area contributed by atoms with Gasteiger partial charge in [0.1, 0.15) is 11.3 Å². The smallest absolute Gasteiger partial charge is 0.138 e. The lowest BCUT2D eigenvalue weighted by atomic mass is 9.97. The second-order valence-corrected chi connectivity index (χ2v) is 14.6. The van der Waals surface area contributed by atoms with Crippen molar-refractivity contribution in [1.29, 1.82) is 0 Å². The Balaban J connectivity index is 1.04. The summed E-state index contributed by atoms with van der Waals surface area (Å²) in [7, 11) is 0. The maximum absolute atomic E-state index is 6.35. The number of hydrogen-bond donors (Lipinski definition) is 0. The molecule has 10 aromatic rings. The second kappa shape index (κ2) is 14.7. The maximum Gasteiger partial charge on any atom is 0.138 e. The normalized spacial score (nSPS) is 11.2. The fourth-order valence-corrected chi connectivity index (χ4v) is 8.08. The van der Waals surface area contributed by atoms with Crippen molar-refractivity contribution in [3.8, 4) is 55.8 Å². The molecular formula is C55H39NO. The first kappa shape index (κ1) is 34.1. The molecule has 57 heavy (non-hydrogen) atoms. The van der Waals surface area contributed by atoms with E-state index in [-0.39, 0.29) is 0 Å². The highest BCUT2D eigenvalue weighted by molar-refractivity contribution is 5.92. The molecule has 2 heteroatoms. The summed E-state index contributed by atoms with van der Waals surface area (Å²) >= 11 is 0. The SMILES string of the molecule is Cc1c(-c2cccc(-c3ccc(N(c4ccc(-c5ccc6ccccc6c5)cc4)c4ccccc4-c4ccc(-c5ccccc5)cc4)cc3)c2)oc2ccccc12. The van der Waals surface area contributed by atoms with E-state index in [2.05, 4.69) is 218 Å². The van der Waals surface area contributed by atoms with E-state index in [9.17, 15) is 0 Å². The first-order valence-corrected chi connectivity index (χ1v) is 19.5. The van der Waals surface area contributed by atoms with Crippen LogP contribution in [0, 0.1) is 6.92 Å². The summed E-state index contributed by atoms with van der Waals surface area (Å²) in [6.07, 6.45) is 0. The van der Waals surface area contributed by atoms with E-state index in [0.717, 1.165) is 67.2 Å². The van der Waals surface area contributed by atoms with E-state index in [4.69, 9.17) is 4.42 Å². The molecule has 1 heterocycles. The summed E-state index contributed by atoms with van der Waals surface area (Å²) in [4.78, 5) is 2.38. The van der Waals surface area contributed by atoms with Crippen molar-refractivity contribution in [2.75, 3.05) is 4.90 Å². The number of hydrogen-bond acceptors (Lipinski definition) is 2. The highest BCUT2D eigenvalue weighted by atomic mass is 16.3. The Morgan fingerprint density at radius 1 is 0.351 bits per heavy atom. The van der Waals surface area contributed by atoms with Gasteiger partial charge in [0.15, 0.2) is 0 Å². The maximum atomic E-state index is 6.35. The van der Waals surface area contributed by atoms with Gasteiger partial charge in [0, 0.05) is 33.5 Å². The predicted octanol–water partition coefficient (Wildman–Crippen LogP) is 15.7. The van der Waals surface area contributed by atoms with E-state index < -0.39 is 0 Å². The van der Waals surface area contributed by atoms with Crippen LogP contribution in [-0.2, 0) is 0 Å². The van der Waals surface area contributed by atoms with Crippen LogP contribution in [-0.4, -0.2) is 0 Å². The Morgan fingerprint density at radius 3 is 1.60 bits per heavy atom. The van der Waals surface area contributed by atoms with Crippen molar-refractivity contribution in [2.45, 2.75) is 6.92 Å². The van der Waals surface area contributed by atoms with Gasteiger partial charge >= 0.3 is 0 Å². The molecule has 0 aliphatic rings. The summed E-state index contributed by atoms with van der Waals surface area (Å²) in [6.45, 7) is 2.14. The fraction of sp³-hybridized carbons (Fsp3) is 0.0182. The second-order valence-electron chi connectivity index (χ2n) is 14.6. The molecule has 0 spiro atoms. The van der Waals surface area contributed by atoms with Gasteiger partial charge in [-0.25, -0.2) is 0 Å². The van der Waals surface area contributed by atoms with Crippen molar-refractivity contribution in [3.05, 3.63) is 224 Å². The third kappa shape index (κ3) is 6.58. The number of anilines is 3. The molecule has 0 saturated heterocycles. The number of para-hydroxylation sites is 2. The third-order valence-electron chi connectivity index (χ3n) is 11.1. The molecule has 0 N–H and O–H groups in total. The van der Waals surface area contributed by atoms with Crippen LogP contribution in [0.4, 0.5) is 17.1 Å². The van der Waals surface area contributed by atoms with E-state index in [1.807, 2.05) is 12.1 Å². The minimum atomic E-state index is 0.914. The standard InChI is InChI=1S/C55H39NO/c1-38-51-18-8-10-21-54(51)57-55(38)48-17-11-16-46(37-48)42-28-32-49(33-29-42)56(50-34-30-43(31-35-50)47-27-24-40-14-5-6-15-45(40)36-47)53-20-9-7-19-52(53)44-25-22-41(23-26-44)39-12-3-2-4-13-39/h2-37H,1H3. The van der Waals surface area contributed by atoms with Crippen molar-refractivity contribution in [3.63, 3.8) is 0 Å². The zero-order valence-corrected chi connectivity index (χ0v) is 31.6. The van der Waals surface area contributed by atoms with E-state index in [1.165, 1.54) is 33.0 Å². The van der Waals surface area contributed by atoms with Gasteiger partial charge in [0.05, 0.1) is 5.69 Å². The van der Waals surface area contributed by atoms with Crippen LogP contribution in [0.2, 0.25) is 0 Å². The van der Waals surface area contributed by atoms with Crippen molar-refractivity contribution in [1.82, 2.24) is 0 Å². The number of nitrogens with zero attached hydrogens (tertiary/aromatic N) is 1. The minimum absolute atomic E-state index is 0.914. The number of aryl methyl sites for hydroxylation is 1. The molecule has 1 aromatic heterocycles. The Bertz CT molecular complexity index is 2990. The van der Waals surface area contributed by atoms with Gasteiger partial charge in [0.2, 0.25) is 0 Å². The Hall–Kier alpha value is -7.42. The quantitative estimate of drug-likeness (QED) is 0.155. The molecule has 9 aromatic carbocycles. The highest BCUT2D eigenvalue weighted by Crippen LogP contribution is 2.43. The first-order valence-electron chi connectivity index (χ1n) is 19.5. The van der Waals surface area contributed by atoms with Crippen molar-refractivity contribution < 1.29 is 4.42 Å². The number of furan rings is 1. The molecule has 0 aliphatic heterocycles. The molecule has 0 fully saturated rings. The van der Waals surface area contributed by atoms with E-state index in [1.54, 1.807) is 0 Å². The van der Waals surface area contributed by atoms with Crippen LogP contribution < -0.4 is 4.90 Å². The molecule has 0 radical (unpaired) electrons. The molecule has 270 valence electrons. The van der Waals surface area contributed by atoms with Crippen molar-refractivity contribution >= 4 is 38.8 Å². The predicted molar refractivity (Wildman–Crippen MR) is 240 cm³/mol. The van der Waals surface area contributed by atoms with Gasteiger partial charge < -0.3 is 9.32 Å². The highest BCUT2D eigenvalue weighted by Gasteiger charge is 2.18. The molecule has 0 atom stereocenters. The van der Waals surface area contributed by atoms with Gasteiger partial charge in [-0.15, -0.1) is 0 Å². The van der Waals surface area contributed by atoms with E-state index >= 15 is 0 Å². The molecule has 0 bridgehead atoms. The first-order chi connectivity index (χ1) is 28.2. The lowest BCUT2D eigenvalue weighted by Crippen LogP contribution is -2.11. The van der Waals surface area contributed by atoms with Crippen LogP contribution in [0.1, 0.15) is 5.56 Å². The van der Waals surface area contributed by atoms with Gasteiger partial charge in [-0.3, -0.25) is 0 Å². The molecule has 0 amide bonds. The topological polar surface area (TPSA) is 16.4 Å². The summed E-state index contributed by atoms with van der Waals surface area (Å²) in [5, 5.41) is 3.64. The third-order valence-corrected chi connectivity index (χ3v) is 11.1. The molecule has 0 aliphatic carbocycles. The number of benzene rings is 9. The summed E-state index contributed by atoms with van der Waals surface area (Å²) < 4.78 is 6.35. The zero-order chi connectivity index (χ0) is 38.1. The Morgan fingerprint density at radius 2 is 0.860 bits per heavy atom. The lowest BCUT2D eigenvalue weighted by Gasteiger charge is -2.28. The Labute approximate surface area is 333 Å². The largest absolute Gasteiger partial charge is 0.456 e. The van der Waals surface area contributed by atoms with E-state index in [0.29, 0.717) is 0 Å². The molecule has 0 unspecified atom stereocenters. The molecule has 10 rings (SSSR count). The van der Waals surface area contributed by atoms with Gasteiger partial charge in [-0.05, 0) is 105 Å². The van der Waals surface area contributed by atoms with Crippen LogP contribution in [0.3, 0.4) is 0 Å². The minimum Gasteiger partial charge on any atom is -0.456 e. The summed E-state index contributed by atoms with van der Waals surface area (Å²) in [5.41, 5.74) is 15.8. The average molecular weight is 730 g/mol. The van der Waals surface area contributed by atoms with Crippen LogP contribution in [0.25, 0.3) is 77.6 Å². The van der Waals surface area contributed by atoms with Crippen molar-refractivity contribution in [2.24, 2.45) is 0 Å². The van der Waals surface area contributed by atoms with Gasteiger partial charge in [-0.2, -0.15) is 0 Å². The van der Waals surface area contributed by atoms with Crippen LogP contribution >= 0.6 is 0 Å². The van der Waals surface area contributed by atoms with Gasteiger partial charge in [0.25, 0.3) is 0 Å². The molecular weight excluding hydrogens is 691 g/mol. The summed E-state index contributed by atoms with van der Waals surface area (Å²) in [6, 6.07) is 78.2.